The van der Waals surface area contributed by atoms with Gasteiger partial charge in [0.2, 0.25) is 5.76 Å². The molecular weight excluding hydrogens is 290 g/mol. The number of carbonyl (C=O) groups excluding carboxylic acids is 1. The smallest absolute Gasteiger partial charge is 0.293 e. The van der Waals surface area contributed by atoms with E-state index in [2.05, 4.69) is 27.3 Å². The van der Waals surface area contributed by atoms with Gasteiger partial charge >= 0.3 is 0 Å². The Hall–Kier alpha value is -2.30. The number of benzene rings is 1. The maximum atomic E-state index is 12.4. The largest absolute Gasteiger partial charge is 0.436 e. The second kappa shape index (κ2) is 6.44. The van der Waals surface area contributed by atoms with Gasteiger partial charge in [-0.15, -0.1) is 0 Å². The van der Waals surface area contributed by atoms with Crippen LogP contribution >= 0.6 is 0 Å². The topological polar surface area (TPSA) is 58.4 Å². The highest BCUT2D eigenvalue weighted by molar-refractivity contribution is 6.03. The van der Waals surface area contributed by atoms with Crippen molar-refractivity contribution in [2.75, 3.05) is 23.3 Å². The molecule has 0 spiro atoms. The Kier molecular flexibility index (Phi) is 4.37. The summed E-state index contributed by atoms with van der Waals surface area (Å²) in [7, 11) is 0. The lowest BCUT2D eigenvalue weighted by Gasteiger charge is -2.17. The number of aryl methyl sites for hydroxylation is 1. The molecule has 1 fully saturated rings. The first-order valence-corrected chi connectivity index (χ1v) is 8.18. The molecule has 5 heteroatoms. The van der Waals surface area contributed by atoms with Gasteiger partial charge in [-0.3, -0.25) is 4.79 Å². The minimum atomic E-state index is -0.247. The van der Waals surface area contributed by atoms with E-state index < -0.39 is 0 Å². The number of oxazole rings is 1. The Morgan fingerprint density at radius 3 is 2.48 bits per heavy atom. The van der Waals surface area contributed by atoms with Gasteiger partial charge in [0, 0.05) is 31.4 Å². The quantitative estimate of drug-likeness (QED) is 0.928. The Balaban J connectivity index is 1.72. The third kappa shape index (κ3) is 3.38. The highest BCUT2D eigenvalue weighted by Gasteiger charge is 2.21. The molecule has 1 aliphatic heterocycles. The first-order valence-electron chi connectivity index (χ1n) is 8.18. The first kappa shape index (κ1) is 15.6. The molecule has 0 radical (unpaired) electrons. The number of carbonyl (C=O) groups is 1. The van der Waals surface area contributed by atoms with E-state index in [0.29, 0.717) is 17.3 Å². The third-order valence-corrected chi connectivity index (χ3v) is 4.11. The number of amides is 1. The minimum Gasteiger partial charge on any atom is -0.436 e. The van der Waals surface area contributed by atoms with E-state index in [0.717, 1.165) is 18.8 Å². The normalized spacial score (nSPS) is 14.5. The predicted octanol–water partition coefficient (Wildman–Crippen LogP) is 3.96. The molecular formula is C18H23N3O2. The van der Waals surface area contributed by atoms with Crippen LogP contribution in [-0.4, -0.2) is 24.0 Å². The van der Waals surface area contributed by atoms with E-state index in [1.807, 2.05) is 26.0 Å². The molecule has 0 atom stereocenters. The van der Waals surface area contributed by atoms with Crippen LogP contribution in [0.3, 0.4) is 0 Å². The summed E-state index contributed by atoms with van der Waals surface area (Å²) in [6.45, 7) is 7.98. The second-order valence-corrected chi connectivity index (χ2v) is 6.30. The Labute approximate surface area is 136 Å². The summed E-state index contributed by atoms with van der Waals surface area (Å²) in [5.74, 6) is 0.721. The van der Waals surface area contributed by atoms with Crippen molar-refractivity contribution in [2.24, 2.45) is 0 Å². The number of aromatic nitrogens is 1. The van der Waals surface area contributed by atoms with E-state index in [4.69, 9.17) is 4.42 Å². The molecule has 1 aromatic heterocycles. The van der Waals surface area contributed by atoms with Crippen molar-refractivity contribution in [1.82, 2.24) is 4.98 Å². The van der Waals surface area contributed by atoms with Crippen LogP contribution in [0.25, 0.3) is 0 Å². The number of rotatable bonds is 4. The molecule has 1 N–H and O–H groups in total. The van der Waals surface area contributed by atoms with Gasteiger partial charge in [-0.2, -0.15) is 0 Å². The molecule has 3 rings (SSSR count). The van der Waals surface area contributed by atoms with Crippen LogP contribution in [0.2, 0.25) is 0 Å². The molecule has 1 aliphatic rings. The van der Waals surface area contributed by atoms with Gasteiger partial charge in [-0.25, -0.2) is 4.98 Å². The average Bonchev–Trinajstić information content (AvgIpc) is 3.17. The van der Waals surface area contributed by atoms with Gasteiger partial charge in [-0.05, 0) is 43.0 Å². The van der Waals surface area contributed by atoms with Crippen molar-refractivity contribution in [2.45, 2.75) is 39.5 Å². The third-order valence-electron chi connectivity index (χ3n) is 4.11. The molecule has 0 bridgehead atoms. The highest BCUT2D eigenvalue weighted by atomic mass is 16.4. The molecule has 1 aromatic carbocycles. The van der Waals surface area contributed by atoms with Crippen molar-refractivity contribution >= 4 is 17.3 Å². The van der Waals surface area contributed by atoms with Crippen LogP contribution in [0.5, 0.6) is 0 Å². The summed E-state index contributed by atoms with van der Waals surface area (Å²) in [5, 5.41) is 2.89. The van der Waals surface area contributed by atoms with E-state index in [-0.39, 0.29) is 11.8 Å². The number of hydrogen-bond donors (Lipinski definition) is 1. The molecule has 0 unspecified atom stereocenters. The van der Waals surface area contributed by atoms with E-state index in [1.54, 1.807) is 6.92 Å². The van der Waals surface area contributed by atoms with Gasteiger partial charge in [-0.1, -0.05) is 13.8 Å². The van der Waals surface area contributed by atoms with Crippen molar-refractivity contribution in [3.05, 3.63) is 41.6 Å². The molecule has 0 saturated carbocycles. The molecule has 1 saturated heterocycles. The number of nitrogens with one attached hydrogen (secondary N) is 1. The summed E-state index contributed by atoms with van der Waals surface area (Å²) in [6, 6.07) is 7.97. The molecule has 23 heavy (non-hydrogen) atoms. The fourth-order valence-corrected chi connectivity index (χ4v) is 2.92. The Morgan fingerprint density at radius 1 is 1.22 bits per heavy atom. The van der Waals surface area contributed by atoms with E-state index in [9.17, 15) is 4.79 Å². The Morgan fingerprint density at radius 2 is 1.87 bits per heavy atom. The molecule has 2 aromatic rings. The molecule has 1 amide bonds. The second-order valence-electron chi connectivity index (χ2n) is 6.30. The zero-order chi connectivity index (χ0) is 16.4. The monoisotopic (exact) mass is 313 g/mol. The lowest BCUT2D eigenvalue weighted by atomic mass is 10.1. The summed E-state index contributed by atoms with van der Waals surface area (Å²) in [4.78, 5) is 19.1. The Bertz CT molecular complexity index is 683. The average molecular weight is 313 g/mol. The van der Waals surface area contributed by atoms with Gasteiger partial charge in [0.15, 0.2) is 5.89 Å². The van der Waals surface area contributed by atoms with E-state index >= 15 is 0 Å². The lowest BCUT2D eigenvalue weighted by Crippen LogP contribution is -2.17. The highest BCUT2D eigenvalue weighted by Crippen LogP contribution is 2.24. The zero-order valence-electron chi connectivity index (χ0n) is 13.9. The molecule has 2 heterocycles. The predicted molar refractivity (Wildman–Crippen MR) is 91.2 cm³/mol. The molecule has 5 nitrogen and oxygen atoms in total. The van der Waals surface area contributed by atoms with E-state index in [1.165, 1.54) is 18.5 Å². The fraction of sp³-hybridized carbons (Fsp3) is 0.444. The lowest BCUT2D eigenvalue weighted by molar-refractivity contribution is 0.0993. The fourth-order valence-electron chi connectivity index (χ4n) is 2.92. The van der Waals surface area contributed by atoms with Crippen LogP contribution in [0.1, 0.15) is 54.7 Å². The number of anilines is 2. The molecule has 122 valence electrons. The summed E-state index contributed by atoms with van der Waals surface area (Å²) >= 11 is 0. The maximum Gasteiger partial charge on any atom is 0.293 e. The minimum absolute atomic E-state index is 0.144. The molecule has 0 aliphatic carbocycles. The van der Waals surface area contributed by atoms with Crippen LogP contribution in [0.4, 0.5) is 11.4 Å². The van der Waals surface area contributed by atoms with Crippen molar-refractivity contribution in [3.8, 4) is 0 Å². The standard InChI is InChI=1S/C18H23N3O2/c1-12(2)16-17(23-13(3)19-16)18(22)20-14-6-8-15(9-7-14)21-10-4-5-11-21/h6-9,12H,4-5,10-11H2,1-3H3,(H,20,22). The zero-order valence-corrected chi connectivity index (χ0v) is 13.9. The van der Waals surface area contributed by atoms with Crippen molar-refractivity contribution < 1.29 is 9.21 Å². The van der Waals surface area contributed by atoms with Gasteiger partial charge in [0.1, 0.15) is 0 Å². The van der Waals surface area contributed by atoms with Gasteiger partial charge in [0.05, 0.1) is 5.69 Å². The maximum absolute atomic E-state index is 12.4. The van der Waals surface area contributed by atoms with Crippen molar-refractivity contribution in [1.29, 1.82) is 0 Å². The van der Waals surface area contributed by atoms with Gasteiger partial charge < -0.3 is 14.6 Å². The van der Waals surface area contributed by atoms with Crippen molar-refractivity contribution in [3.63, 3.8) is 0 Å². The summed E-state index contributed by atoms with van der Waals surface area (Å²) in [5.41, 5.74) is 2.68. The van der Waals surface area contributed by atoms with Gasteiger partial charge in [0.25, 0.3) is 5.91 Å². The van der Waals surface area contributed by atoms with Crippen LogP contribution in [-0.2, 0) is 0 Å². The summed E-state index contributed by atoms with van der Waals surface area (Å²) in [6.07, 6.45) is 2.50. The summed E-state index contributed by atoms with van der Waals surface area (Å²) < 4.78 is 5.48. The number of hydrogen-bond acceptors (Lipinski definition) is 4. The van der Waals surface area contributed by atoms with Crippen LogP contribution in [0.15, 0.2) is 28.7 Å². The van der Waals surface area contributed by atoms with Crippen LogP contribution < -0.4 is 10.2 Å². The number of nitrogens with zero attached hydrogens (tertiary/aromatic N) is 2. The SMILES string of the molecule is Cc1nc(C(C)C)c(C(=O)Nc2ccc(N3CCCC3)cc2)o1. The van der Waals surface area contributed by atoms with Crippen LogP contribution in [0, 0.1) is 6.92 Å². The first-order chi connectivity index (χ1) is 11.0.